The van der Waals surface area contributed by atoms with Crippen LogP contribution < -0.4 is 11.1 Å². The number of halogens is 3. The van der Waals surface area contributed by atoms with Gasteiger partial charge in [0.1, 0.15) is 4.99 Å². The molecule has 0 atom stereocenters. The van der Waals surface area contributed by atoms with Crippen LogP contribution in [-0.2, 0) is 0 Å². The first kappa shape index (κ1) is 14.2. The van der Waals surface area contributed by atoms with Crippen molar-refractivity contribution in [3.8, 4) is 0 Å². The summed E-state index contributed by atoms with van der Waals surface area (Å²) in [7, 11) is 0. The summed E-state index contributed by atoms with van der Waals surface area (Å²) in [6.45, 7) is 0. The number of nitrogens with two attached hydrogens (primary N) is 1. The molecule has 6 heteroatoms. The molecule has 0 fully saturated rings. The van der Waals surface area contributed by atoms with Gasteiger partial charge in [0, 0.05) is 15.7 Å². The maximum absolute atomic E-state index is 13.7. The van der Waals surface area contributed by atoms with Gasteiger partial charge in [-0.05, 0) is 46.3 Å². The highest BCUT2D eigenvalue weighted by atomic mass is 79.9. The van der Waals surface area contributed by atoms with Gasteiger partial charge in [0.15, 0.2) is 5.82 Å². The average molecular weight is 360 g/mol. The van der Waals surface area contributed by atoms with Gasteiger partial charge in [0.25, 0.3) is 0 Å². The molecule has 0 amide bonds. The van der Waals surface area contributed by atoms with Crippen LogP contribution in [0.5, 0.6) is 0 Å². The zero-order valence-corrected chi connectivity index (χ0v) is 12.7. The summed E-state index contributed by atoms with van der Waals surface area (Å²) in [6, 6.07) is 10.1. The Labute approximate surface area is 128 Å². The first-order valence-corrected chi connectivity index (χ1v) is 6.87. The Morgan fingerprint density at radius 3 is 2.68 bits per heavy atom. The Morgan fingerprint density at radius 2 is 2.05 bits per heavy atom. The van der Waals surface area contributed by atoms with Gasteiger partial charge in [0.2, 0.25) is 0 Å². The van der Waals surface area contributed by atoms with E-state index in [2.05, 4.69) is 21.2 Å². The van der Waals surface area contributed by atoms with E-state index in [4.69, 9.17) is 29.6 Å². The maximum Gasteiger partial charge on any atom is 0.165 e. The molecule has 0 spiro atoms. The van der Waals surface area contributed by atoms with Gasteiger partial charge in [-0.1, -0.05) is 29.9 Å². The smallest absolute Gasteiger partial charge is 0.165 e. The first-order chi connectivity index (χ1) is 8.99. The second kappa shape index (κ2) is 5.86. The standard InChI is InChI=1S/C13H9BrClFN2S/c14-9-6-7(4-5-8(9)13(17)19)18-11-3-1-2-10(15)12(11)16/h1-6,18H,(H2,17,19). The lowest BCUT2D eigenvalue weighted by Crippen LogP contribution is -2.10. The van der Waals surface area contributed by atoms with Crippen LogP contribution in [0.2, 0.25) is 5.02 Å². The van der Waals surface area contributed by atoms with Crippen molar-refractivity contribution >= 4 is 56.1 Å². The molecule has 0 bridgehead atoms. The maximum atomic E-state index is 13.7. The molecule has 3 N–H and O–H groups in total. The Kier molecular flexibility index (Phi) is 4.39. The quantitative estimate of drug-likeness (QED) is 0.785. The zero-order valence-electron chi connectivity index (χ0n) is 9.58. The summed E-state index contributed by atoms with van der Waals surface area (Å²) in [6.07, 6.45) is 0. The van der Waals surface area contributed by atoms with E-state index in [0.717, 1.165) is 10.0 Å². The topological polar surface area (TPSA) is 38.0 Å². The van der Waals surface area contributed by atoms with Gasteiger partial charge in [0.05, 0.1) is 10.7 Å². The van der Waals surface area contributed by atoms with Crippen LogP contribution in [0, 0.1) is 5.82 Å². The van der Waals surface area contributed by atoms with Crippen molar-refractivity contribution in [2.24, 2.45) is 5.73 Å². The van der Waals surface area contributed by atoms with Crippen molar-refractivity contribution in [3.63, 3.8) is 0 Å². The summed E-state index contributed by atoms with van der Waals surface area (Å²) >= 11 is 14.0. The Morgan fingerprint density at radius 1 is 1.32 bits per heavy atom. The molecular formula is C13H9BrClFN2S. The molecule has 0 heterocycles. The number of hydrogen-bond donors (Lipinski definition) is 2. The van der Waals surface area contributed by atoms with Crippen molar-refractivity contribution in [2.75, 3.05) is 5.32 Å². The fourth-order valence-electron chi connectivity index (χ4n) is 1.55. The van der Waals surface area contributed by atoms with Gasteiger partial charge < -0.3 is 11.1 Å². The minimum absolute atomic E-state index is 0.0730. The van der Waals surface area contributed by atoms with Gasteiger partial charge in [-0.25, -0.2) is 4.39 Å². The fraction of sp³-hybridized carbons (Fsp3) is 0. The van der Waals surface area contributed by atoms with E-state index < -0.39 is 5.82 Å². The first-order valence-electron chi connectivity index (χ1n) is 5.29. The minimum Gasteiger partial charge on any atom is -0.389 e. The van der Waals surface area contributed by atoms with Gasteiger partial charge >= 0.3 is 0 Å². The highest BCUT2D eigenvalue weighted by Crippen LogP contribution is 2.28. The van der Waals surface area contributed by atoms with Crippen LogP contribution in [0.4, 0.5) is 15.8 Å². The summed E-state index contributed by atoms with van der Waals surface area (Å²) in [5, 5.41) is 3.02. The lowest BCUT2D eigenvalue weighted by atomic mass is 10.2. The van der Waals surface area contributed by atoms with E-state index in [1.165, 1.54) is 6.07 Å². The average Bonchev–Trinajstić information content (AvgIpc) is 2.34. The molecule has 0 aliphatic rings. The molecule has 2 rings (SSSR count). The number of rotatable bonds is 3. The van der Waals surface area contributed by atoms with Crippen LogP contribution in [0.3, 0.4) is 0 Å². The fourth-order valence-corrected chi connectivity index (χ4v) is 2.62. The van der Waals surface area contributed by atoms with Crippen LogP contribution >= 0.6 is 39.7 Å². The molecule has 2 aromatic rings. The van der Waals surface area contributed by atoms with Gasteiger partial charge in [-0.3, -0.25) is 0 Å². The molecule has 0 saturated heterocycles. The second-order valence-electron chi connectivity index (χ2n) is 3.79. The molecule has 0 saturated carbocycles. The monoisotopic (exact) mass is 358 g/mol. The highest BCUT2D eigenvalue weighted by molar-refractivity contribution is 9.10. The molecule has 0 aromatic heterocycles. The number of benzene rings is 2. The predicted octanol–water partition coefficient (Wildman–Crippen LogP) is 4.62. The molecule has 98 valence electrons. The molecule has 0 unspecified atom stereocenters. The Bertz CT molecular complexity index is 649. The van der Waals surface area contributed by atoms with Crippen molar-refractivity contribution < 1.29 is 4.39 Å². The van der Waals surface area contributed by atoms with E-state index in [1.54, 1.807) is 30.3 Å². The van der Waals surface area contributed by atoms with E-state index in [0.29, 0.717) is 16.4 Å². The SMILES string of the molecule is NC(=S)c1ccc(Nc2cccc(Cl)c2F)cc1Br. The lowest BCUT2D eigenvalue weighted by molar-refractivity contribution is 0.632. The van der Waals surface area contributed by atoms with Gasteiger partial charge in [-0.2, -0.15) is 0 Å². The predicted molar refractivity (Wildman–Crippen MR) is 84.7 cm³/mol. The molecule has 2 nitrogen and oxygen atoms in total. The second-order valence-corrected chi connectivity index (χ2v) is 5.49. The van der Waals surface area contributed by atoms with Crippen molar-refractivity contribution in [3.05, 3.63) is 57.3 Å². The Balaban J connectivity index is 2.32. The minimum atomic E-state index is -0.487. The molecule has 0 radical (unpaired) electrons. The van der Waals surface area contributed by atoms with E-state index in [1.807, 2.05) is 0 Å². The normalized spacial score (nSPS) is 10.3. The summed E-state index contributed by atoms with van der Waals surface area (Å²) in [4.78, 5) is 0.298. The molecule has 2 aromatic carbocycles. The Hall–Kier alpha value is -1.17. The van der Waals surface area contributed by atoms with Crippen molar-refractivity contribution in [2.45, 2.75) is 0 Å². The summed E-state index contributed by atoms with van der Waals surface area (Å²) in [5.74, 6) is -0.487. The van der Waals surface area contributed by atoms with Gasteiger partial charge in [-0.15, -0.1) is 0 Å². The molecule has 19 heavy (non-hydrogen) atoms. The van der Waals surface area contributed by atoms with Crippen LogP contribution in [0.1, 0.15) is 5.56 Å². The van der Waals surface area contributed by atoms with E-state index in [-0.39, 0.29) is 5.02 Å². The van der Waals surface area contributed by atoms with Crippen LogP contribution in [0.25, 0.3) is 0 Å². The highest BCUT2D eigenvalue weighted by Gasteiger charge is 2.08. The number of thiocarbonyl (C=S) groups is 1. The summed E-state index contributed by atoms with van der Waals surface area (Å²) < 4.78 is 14.5. The van der Waals surface area contributed by atoms with Crippen molar-refractivity contribution in [1.82, 2.24) is 0 Å². The largest absolute Gasteiger partial charge is 0.389 e. The third kappa shape index (κ3) is 3.23. The van der Waals surface area contributed by atoms with E-state index in [9.17, 15) is 4.39 Å². The van der Waals surface area contributed by atoms with Crippen LogP contribution in [0.15, 0.2) is 40.9 Å². The van der Waals surface area contributed by atoms with Crippen LogP contribution in [-0.4, -0.2) is 4.99 Å². The summed E-state index contributed by atoms with van der Waals surface area (Å²) in [5.41, 5.74) is 7.30. The number of anilines is 2. The molecular weight excluding hydrogens is 351 g/mol. The number of hydrogen-bond acceptors (Lipinski definition) is 2. The molecule has 0 aliphatic carbocycles. The zero-order chi connectivity index (χ0) is 14.0. The number of nitrogens with one attached hydrogen (secondary N) is 1. The van der Waals surface area contributed by atoms with Crippen molar-refractivity contribution in [1.29, 1.82) is 0 Å². The lowest BCUT2D eigenvalue weighted by Gasteiger charge is -2.10. The van der Waals surface area contributed by atoms with E-state index >= 15 is 0 Å². The third-order valence-electron chi connectivity index (χ3n) is 2.47. The molecule has 0 aliphatic heterocycles. The third-order valence-corrected chi connectivity index (χ3v) is 3.63.